The second-order valence-electron chi connectivity index (χ2n) is 13.2. The minimum Gasteiger partial charge on any atom is -0.467 e. The van der Waals surface area contributed by atoms with Gasteiger partial charge in [-0.05, 0) is 74.6 Å². The summed E-state index contributed by atoms with van der Waals surface area (Å²) < 4.78 is 114. The average Bonchev–Trinajstić information content (AvgIpc) is 3.63. The third-order valence-corrected chi connectivity index (χ3v) is 13.9. The number of allylic oxidation sites excluding steroid dienone is 5. The van der Waals surface area contributed by atoms with Gasteiger partial charge in [-0.2, -0.15) is 29.8 Å². The number of aromatic nitrogens is 1. The Morgan fingerprint density at radius 3 is 2.14 bits per heavy atom. The van der Waals surface area contributed by atoms with Crippen molar-refractivity contribution in [2.24, 2.45) is 0 Å². The maximum atomic E-state index is 12.7. The Labute approximate surface area is 327 Å². The first-order valence-corrected chi connectivity index (χ1v) is 22.9. The molecule has 1 aliphatic heterocycles. The van der Waals surface area contributed by atoms with Crippen LogP contribution in [0.15, 0.2) is 104 Å². The summed E-state index contributed by atoms with van der Waals surface area (Å²) in [5.41, 5.74) is 3.98. The van der Waals surface area contributed by atoms with Crippen LogP contribution in [0.2, 0.25) is 0 Å². The van der Waals surface area contributed by atoms with Crippen LogP contribution in [-0.2, 0) is 46.4 Å². The van der Waals surface area contributed by atoms with Gasteiger partial charge in [0, 0.05) is 55.7 Å². The predicted octanol–water partition coefficient (Wildman–Crippen LogP) is 6.20. The highest BCUT2D eigenvalue weighted by Gasteiger charge is 2.39. The van der Waals surface area contributed by atoms with Crippen LogP contribution in [0.5, 0.6) is 0 Å². The molecule has 4 aromatic carbocycles. The van der Waals surface area contributed by atoms with Crippen LogP contribution in [0.1, 0.15) is 38.7 Å². The van der Waals surface area contributed by atoms with E-state index in [0.717, 1.165) is 56.6 Å². The van der Waals surface area contributed by atoms with Gasteiger partial charge in [-0.25, -0.2) is 0 Å². The molecule has 13 nitrogen and oxygen atoms in total. The Kier molecular flexibility index (Phi) is 10.6. The van der Waals surface area contributed by atoms with E-state index in [-0.39, 0.29) is 34.5 Å². The molecule has 56 heavy (non-hydrogen) atoms. The number of aryl methyl sites for hydroxylation is 1. The maximum Gasteiger partial charge on any atom is 0.301 e. The number of nitrogens with zero attached hydrogens (tertiary/aromatic N) is 2. The van der Waals surface area contributed by atoms with E-state index < -0.39 is 40.1 Å². The molecule has 0 unspecified atom stereocenters. The molecule has 1 aliphatic carbocycles. The fraction of sp³-hybridized carbons (Fsp3) is 0.231. The van der Waals surface area contributed by atoms with Gasteiger partial charge in [-0.15, -0.1) is 11.8 Å². The van der Waals surface area contributed by atoms with Gasteiger partial charge in [0.1, 0.15) is 22.9 Å². The zero-order chi connectivity index (χ0) is 40.2. The molecule has 7 rings (SSSR count). The van der Waals surface area contributed by atoms with Crippen LogP contribution < -0.4 is 5.35 Å². The average molecular weight is 838 g/mol. The summed E-state index contributed by atoms with van der Waals surface area (Å²) in [5, 5.41) is 3.20. The lowest BCUT2D eigenvalue weighted by Crippen LogP contribution is -2.15. The lowest BCUT2D eigenvalue weighted by atomic mass is 9.93. The fourth-order valence-electron chi connectivity index (χ4n) is 7.89. The molecule has 0 fully saturated rings. The van der Waals surface area contributed by atoms with Crippen molar-refractivity contribution in [2.45, 2.75) is 54.3 Å². The molecule has 292 valence electrons. The van der Waals surface area contributed by atoms with E-state index in [1.54, 1.807) is 41.8 Å². The number of benzene rings is 4. The summed E-state index contributed by atoms with van der Waals surface area (Å²) in [6.45, 7) is 5.20. The van der Waals surface area contributed by atoms with E-state index >= 15 is 0 Å². The molecule has 0 bridgehead atoms. The molecule has 1 aromatic heterocycles. The van der Waals surface area contributed by atoms with Gasteiger partial charge in [-0.1, -0.05) is 42.5 Å². The zero-order valence-corrected chi connectivity index (χ0v) is 33.4. The lowest BCUT2D eigenvalue weighted by molar-refractivity contribution is -0.433. The normalized spacial score (nSPS) is 16.5. The summed E-state index contributed by atoms with van der Waals surface area (Å²) in [6.07, 6.45) is 10.0. The second-order valence-corrected chi connectivity index (χ2v) is 18.4. The second kappa shape index (κ2) is 15.0. The Morgan fingerprint density at radius 1 is 0.804 bits per heavy atom. The van der Waals surface area contributed by atoms with Gasteiger partial charge in [0.2, 0.25) is 11.4 Å². The number of hydrogen-bond acceptors (Lipinski definition) is 9. The van der Waals surface area contributed by atoms with Crippen LogP contribution in [0.25, 0.3) is 38.5 Å². The molecule has 2 heterocycles. The van der Waals surface area contributed by atoms with Crippen LogP contribution in [-0.4, -0.2) is 79.1 Å². The molecular formula is C39H37N2O11S4+. The van der Waals surface area contributed by atoms with E-state index in [2.05, 4.69) is 4.57 Å². The van der Waals surface area contributed by atoms with E-state index in [0.29, 0.717) is 41.9 Å². The molecular weight excluding hydrogens is 801 g/mol. The smallest absolute Gasteiger partial charge is 0.301 e. The van der Waals surface area contributed by atoms with Crippen molar-refractivity contribution in [3.63, 3.8) is 0 Å². The zero-order valence-electron chi connectivity index (χ0n) is 30.2. The third kappa shape index (κ3) is 7.01. The Hall–Kier alpha value is -4.62. The maximum absolute atomic E-state index is 12.7. The van der Waals surface area contributed by atoms with E-state index in [1.807, 2.05) is 37.3 Å². The standard InChI is InChI=1S/C39H36N2O11S4/c1-3-40-30(26-10-6-12-28-33(54(43,44)45)19-18-32(40)36(26)28)16-14-24-8-5-9-25(39(24)53-21-20-52-23-42)15-17-31-27-11-7-13-29-34(55(46,47)48)22-35(56(49,50)51)38(37(27)29)41(31)4-2/h6-7,10-19,22-23H,3-5,8-9,20-21H2,1-2H3,(H2-,43,44,45,46,47,48,49,50,51)/p+1. The number of rotatable bonds is 13. The number of carbonyl (C=O) groups excluding carboxylic acids is 1. The third-order valence-electron chi connectivity index (χ3n) is 10.1. The first kappa shape index (κ1) is 39.6. The SMILES string of the molecule is CCn1c(=CC=C2CCCC(C=CC3=[N+](CC)c4c(S(=O)(=O)O)cc(S(=O)(=O)O)c5cccc3c45)=C2SCCOC=O)c2cccc3c(S(=O)(=O)O)ccc1c32. The molecule has 0 spiro atoms. The number of ether oxygens (including phenoxy) is 1. The molecule has 5 aromatic rings. The van der Waals surface area contributed by atoms with Crippen molar-refractivity contribution in [3.05, 3.63) is 99.8 Å². The van der Waals surface area contributed by atoms with Crippen molar-refractivity contribution >= 4 is 98.5 Å². The molecule has 0 amide bonds. The molecule has 0 atom stereocenters. The highest BCUT2D eigenvalue weighted by molar-refractivity contribution is 8.03. The Bertz CT molecular complexity index is 3010. The number of thioether (sulfide) groups is 1. The summed E-state index contributed by atoms with van der Waals surface area (Å²) in [6, 6.07) is 14.1. The van der Waals surface area contributed by atoms with Crippen LogP contribution >= 0.6 is 11.8 Å². The van der Waals surface area contributed by atoms with E-state index in [9.17, 15) is 43.7 Å². The van der Waals surface area contributed by atoms with Crippen LogP contribution in [0.4, 0.5) is 5.69 Å². The van der Waals surface area contributed by atoms with Crippen LogP contribution in [0.3, 0.4) is 0 Å². The first-order chi connectivity index (χ1) is 26.6. The summed E-state index contributed by atoms with van der Waals surface area (Å²) in [7, 11) is -14.3. The summed E-state index contributed by atoms with van der Waals surface area (Å²) in [5.74, 6) is 0.460. The summed E-state index contributed by atoms with van der Waals surface area (Å²) in [4.78, 5) is 10.5. The van der Waals surface area contributed by atoms with Gasteiger partial charge < -0.3 is 9.30 Å². The van der Waals surface area contributed by atoms with Crippen molar-refractivity contribution in [2.75, 3.05) is 18.9 Å². The molecule has 3 N–H and O–H groups in total. The molecule has 17 heteroatoms. The van der Waals surface area contributed by atoms with Gasteiger partial charge in [0.15, 0.2) is 4.90 Å². The molecule has 0 saturated heterocycles. The van der Waals surface area contributed by atoms with E-state index in [4.69, 9.17) is 4.74 Å². The number of hydrogen-bond donors (Lipinski definition) is 3. The van der Waals surface area contributed by atoms with Gasteiger partial charge >= 0.3 is 10.1 Å². The highest BCUT2D eigenvalue weighted by Crippen LogP contribution is 2.44. The van der Waals surface area contributed by atoms with Gasteiger partial charge in [0.25, 0.3) is 26.7 Å². The summed E-state index contributed by atoms with van der Waals surface area (Å²) >= 11 is 1.52. The predicted molar refractivity (Wildman–Crippen MR) is 215 cm³/mol. The lowest BCUT2D eigenvalue weighted by Gasteiger charge is -2.21. The van der Waals surface area contributed by atoms with Gasteiger partial charge in [-0.3, -0.25) is 18.5 Å². The topological polar surface area (TPSA) is 197 Å². The first-order valence-electron chi connectivity index (χ1n) is 17.6. The minimum absolute atomic E-state index is 0.106. The fourth-order valence-corrected chi connectivity index (χ4v) is 11.2. The molecule has 0 saturated carbocycles. The quantitative estimate of drug-likeness (QED) is 0.0526. The largest absolute Gasteiger partial charge is 0.467 e. The molecule has 2 aliphatic rings. The van der Waals surface area contributed by atoms with E-state index in [1.165, 1.54) is 23.9 Å². The van der Waals surface area contributed by atoms with Crippen LogP contribution in [0, 0.1) is 0 Å². The van der Waals surface area contributed by atoms with Crippen molar-refractivity contribution < 1.29 is 53.0 Å². The Morgan fingerprint density at radius 2 is 1.48 bits per heavy atom. The highest BCUT2D eigenvalue weighted by atomic mass is 32.2. The van der Waals surface area contributed by atoms with Gasteiger partial charge in [0.05, 0.1) is 10.9 Å². The van der Waals surface area contributed by atoms with Crippen molar-refractivity contribution in [1.29, 1.82) is 0 Å². The monoisotopic (exact) mass is 837 g/mol. The van der Waals surface area contributed by atoms with Crippen molar-refractivity contribution in [3.8, 4) is 0 Å². The Balaban J connectivity index is 1.40. The minimum atomic E-state index is -4.94. The molecule has 0 radical (unpaired) electrons. The number of carbonyl (C=O) groups is 1. The van der Waals surface area contributed by atoms with Crippen molar-refractivity contribution in [1.82, 2.24) is 4.57 Å².